The van der Waals surface area contributed by atoms with E-state index in [9.17, 15) is 22.8 Å². The quantitative estimate of drug-likeness (QED) is 0.853. The monoisotopic (exact) mass is 272 g/mol. The number of rotatable bonds is 1. The van der Waals surface area contributed by atoms with Crippen LogP contribution < -0.4 is 10.2 Å². The summed E-state index contributed by atoms with van der Waals surface area (Å²) in [6.07, 6.45) is -4.40. The first-order chi connectivity index (χ1) is 8.79. The number of halogens is 3. The van der Waals surface area contributed by atoms with Gasteiger partial charge in [-0.3, -0.25) is 15.0 Å². The number of imide groups is 1. The Morgan fingerprint density at radius 1 is 1.26 bits per heavy atom. The Morgan fingerprint density at radius 2 is 1.95 bits per heavy atom. The SMILES string of the molecule is Cc1ccc(C(F)(F)F)cc1N1CCC(=O)NC1=O. The van der Waals surface area contributed by atoms with Gasteiger partial charge in [-0.2, -0.15) is 13.2 Å². The molecule has 2 rings (SSSR count). The van der Waals surface area contributed by atoms with Crippen LogP contribution in [0.3, 0.4) is 0 Å². The lowest BCUT2D eigenvalue weighted by molar-refractivity contribution is -0.137. The summed E-state index contributed by atoms with van der Waals surface area (Å²) in [5.74, 6) is -0.425. The predicted octanol–water partition coefficient (Wildman–Crippen LogP) is 2.46. The molecule has 0 spiro atoms. The molecule has 1 heterocycles. The lowest BCUT2D eigenvalue weighted by Gasteiger charge is -2.28. The number of nitrogens with zero attached hydrogens (tertiary/aromatic N) is 1. The largest absolute Gasteiger partial charge is 0.416 e. The second kappa shape index (κ2) is 4.56. The van der Waals surface area contributed by atoms with Crippen molar-refractivity contribution in [3.05, 3.63) is 29.3 Å². The number of aryl methyl sites for hydroxylation is 1. The smallest absolute Gasteiger partial charge is 0.293 e. The van der Waals surface area contributed by atoms with E-state index in [0.29, 0.717) is 5.56 Å². The molecule has 0 atom stereocenters. The van der Waals surface area contributed by atoms with Crippen LogP contribution in [-0.4, -0.2) is 18.5 Å². The van der Waals surface area contributed by atoms with Crippen molar-refractivity contribution in [3.63, 3.8) is 0 Å². The van der Waals surface area contributed by atoms with E-state index in [2.05, 4.69) is 5.32 Å². The fourth-order valence-electron chi connectivity index (χ4n) is 1.87. The molecule has 1 N–H and O–H groups in total. The lowest BCUT2D eigenvalue weighted by Crippen LogP contribution is -2.49. The summed E-state index contributed by atoms with van der Waals surface area (Å²) < 4.78 is 38.0. The van der Waals surface area contributed by atoms with Gasteiger partial charge in [-0.05, 0) is 24.6 Å². The highest BCUT2D eigenvalue weighted by Crippen LogP contribution is 2.33. The van der Waals surface area contributed by atoms with Gasteiger partial charge in [0, 0.05) is 18.7 Å². The zero-order valence-electron chi connectivity index (χ0n) is 10.0. The average molecular weight is 272 g/mol. The molecule has 0 radical (unpaired) electrons. The number of alkyl halides is 3. The van der Waals surface area contributed by atoms with Gasteiger partial charge >= 0.3 is 12.2 Å². The maximum atomic E-state index is 12.7. The number of hydrogen-bond acceptors (Lipinski definition) is 2. The maximum absolute atomic E-state index is 12.7. The molecular formula is C12H11F3N2O2. The highest BCUT2D eigenvalue weighted by molar-refractivity contribution is 6.05. The first-order valence-corrected chi connectivity index (χ1v) is 5.58. The Balaban J connectivity index is 2.39. The molecule has 1 saturated heterocycles. The zero-order chi connectivity index (χ0) is 14.2. The first-order valence-electron chi connectivity index (χ1n) is 5.58. The third-order valence-electron chi connectivity index (χ3n) is 2.88. The van der Waals surface area contributed by atoms with Gasteiger partial charge in [-0.15, -0.1) is 0 Å². The molecule has 1 fully saturated rings. The van der Waals surface area contributed by atoms with Gasteiger partial charge in [0.25, 0.3) is 0 Å². The number of anilines is 1. The summed E-state index contributed by atoms with van der Waals surface area (Å²) in [7, 11) is 0. The van der Waals surface area contributed by atoms with Crippen molar-refractivity contribution in [3.8, 4) is 0 Å². The molecule has 4 nitrogen and oxygen atoms in total. The van der Waals surface area contributed by atoms with Crippen LogP contribution in [0, 0.1) is 6.92 Å². The van der Waals surface area contributed by atoms with Crippen LogP contribution in [0.4, 0.5) is 23.7 Å². The molecule has 1 aliphatic heterocycles. The molecule has 102 valence electrons. The van der Waals surface area contributed by atoms with Crippen LogP contribution >= 0.6 is 0 Å². The Kier molecular flexibility index (Phi) is 3.21. The van der Waals surface area contributed by atoms with E-state index in [1.807, 2.05) is 0 Å². The molecule has 0 bridgehead atoms. The summed E-state index contributed by atoms with van der Waals surface area (Å²) in [6, 6.07) is 2.50. The van der Waals surface area contributed by atoms with Gasteiger partial charge in [-0.25, -0.2) is 4.79 Å². The topological polar surface area (TPSA) is 49.4 Å². The average Bonchev–Trinajstić information content (AvgIpc) is 2.29. The maximum Gasteiger partial charge on any atom is 0.416 e. The second-order valence-electron chi connectivity index (χ2n) is 4.25. The second-order valence-corrected chi connectivity index (χ2v) is 4.25. The van der Waals surface area contributed by atoms with E-state index in [4.69, 9.17) is 0 Å². The van der Waals surface area contributed by atoms with Gasteiger partial charge < -0.3 is 0 Å². The number of urea groups is 1. The number of benzene rings is 1. The van der Waals surface area contributed by atoms with Crippen LogP contribution in [0.1, 0.15) is 17.5 Å². The van der Waals surface area contributed by atoms with Crippen molar-refractivity contribution in [1.82, 2.24) is 5.32 Å². The molecule has 1 aromatic carbocycles. The molecule has 0 unspecified atom stereocenters. The minimum Gasteiger partial charge on any atom is -0.293 e. The van der Waals surface area contributed by atoms with Crippen LogP contribution in [0.2, 0.25) is 0 Å². The predicted molar refractivity (Wildman–Crippen MR) is 61.7 cm³/mol. The normalized spacial score (nSPS) is 16.5. The summed E-state index contributed by atoms with van der Waals surface area (Å²) in [6.45, 7) is 1.69. The molecular weight excluding hydrogens is 261 g/mol. The Hall–Kier alpha value is -2.05. The van der Waals surface area contributed by atoms with Gasteiger partial charge in [0.2, 0.25) is 5.91 Å². The minimum absolute atomic E-state index is 0.0709. The first kappa shape index (κ1) is 13.4. The lowest BCUT2D eigenvalue weighted by atomic mass is 10.1. The standard InChI is InChI=1S/C12H11F3N2O2/c1-7-2-3-8(12(13,14)15)6-9(7)17-5-4-10(18)16-11(17)19/h2-3,6H,4-5H2,1H3,(H,16,18,19). The van der Waals surface area contributed by atoms with Gasteiger partial charge in [-0.1, -0.05) is 6.07 Å². The van der Waals surface area contributed by atoms with E-state index in [1.54, 1.807) is 6.92 Å². The summed E-state index contributed by atoms with van der Waals surface area (Å²) in [5.41, 5.74) is -0.116. The van der Waals surface area contributed by atoms with Gasteiger partial charge in [0.15, 0.2) is 0 Å². The molecule has 3 amide bonds. The number of nitrogens with one attached hydrogen (secondary N) is 1. The van der Waals surface area contributed by atoms with Crippen LogP contribution in [-0.2, 0) is 11.0 Å². The van der Waals surface area contributed by atoms with Crippen LogP contribution in [0.25, 0.3) is 0 Å². The van der Waals surface area contributed by atoms with E-state index in [1.165, 1.54) is 6.07 Å². The number of carbonyl (C=O) groups is 2. The molecule has 1 aromatic rings. The van der Waals surface area contributed by atoms with Gasteiger partial charge in [0.05, 0.1) is 5.56 Å². The zero-order valence-corrected chi connectivity index (χ0v) is 10.0. The van der Waals surface area contributed by atoms with Crippen molar-refractivity contribution in [2.75, 3.05) is 11.4 Å². The fraction of sp³-hybridized carbons (Fsp3) is 0.333. The van der Waals surface area contributed by atoms with Crippen molar-refractivity contribution in [2.24, 2.45) is 0 Å². The number of carbonyl (C=O) groups excluding carboxylic acids is 2. The van der Waals surface area contributed by atoms with E-state index in [0.717, 1.165) is 17.0 Å². The van der Waals surface area contributed by atoms with Crippen molar-refractivity contribution in [1.29, 1.82) is 0 Å². The minimum atomic E-state index is -4.47. The molecule has 7 heteroatoms. The number of amides is 3. The summed E-state index contributed by atoms with van der Waals surface area (Å²) in [4.78, 5) is 23.8. The van der Waals surface area contributed by atoms with Crippen molar-refractivity contribution >= 4 is 17.6 Å². The Morgan fingerprint density at radius 3 is 2.53 bits per heavy atom. The Bertz CT molecular complexity index is 540. The van der Waals surface area contributed by atoms with Crippen molar-refractivity contribution in [2.45, 2.75) is 19.5 Å². The Labute approximate surface area is 107 Å². The highest BCUT2D eigenvalue weighted by atomic mass is 19.4. The van der Waals surface area contributed by atoms with E-state index < -0.39 is 23.7 Å². The summed E-state index contributed by atoms with van der Waals surface area (Å²) in [5, 5.41) is 2.08. The fourth-order valence-corrected chi connectivity index (χ4v) is 1.87. The van der Waals surface area contributed by atoms with Crippen molar-refractivity contribution < 1.29 is 22.8 Å². The number of hydrogen-bond donors (Lipinski definition) is 1. The molecule has 0 aromatic heterocycles. The van der Waals surface area contributed by atoms with Crippen LogP contribution in [0.15, 0.2) is 18.2 Å². The highest BCUT2D eigenvalue weighted by Gasteiger charge is 2.32. The van der Waals surface area contributed by atoms with Gasteiger partial charge in [0.1, 0.15) is 0 Å². The molecule has 19 heavy (non-hydrogen) atoms. The summed E-state index contributed by atoms with van der Waals surface area (Å²) >= 11 is 0. The molecule has 0 aliphatic carbocycles. The van der Waals surface area contributed by atoms with E-state index >= 15 is 0 Å². The van der Waals surface area contributed by atoms with Crippen LogP contribution in [0.5, 0.6) is 0 Å². The third-order valence-corrected chi connectivity index (χ3v) is 2.88. The third kappa shape index (κ3) is 2.69. The molecule has 0 saturated carbocycles. The van der Waals surface area contributed by atoms with E-state index in [-0.39, 0.29) is 18.7 Å². The molecule has 1 aliphatic rings.